The van der Waals surface area contributed by atoms with Crippen LogP contribution in [-0.4, -0.2) is 19.1 Å². The van der Waals surface area contributed by atoms with Gasteiger partial charge in [0.15, 0.2) is 5.82 Å². The number of aromatic nitrogens is 4. The van der Waals surface area contributed by atoms with E-state index in [-0.39, 0.29) is 0 Å². The Hall–Kier alpha value is -6.76. The summed E-state index contributed by atoms with van der Waals surface area (Å²) in [6.45, 7) is 0. The minimum Gasteiger partial charge on any atom is -0.456 e. The molecule has 0 aliphatic carbocycles. The molecule has 0 fully saturated rings. The van der Waals surface area contributed by atoms with Crippen molar-refractivity contribution < 1.29 is 4.42 Å². The molecule has 6 heteroatoms. The minimum absolute atomic E-state index is 0.789. The van der Waals surface area contributed by atoms with E-state index < -0.39 is 0 Å². The van der Waals surface area contributed by atoms with Crippen molar-refractivity contribution in [3.05, 3.63) is 158 Å². The van der Waals surface area contributed by atoms with Crippen LogP contribution in [0.5, 0.6) is 0 Å². The Labute approximate surface area is 300 Å². The molecule has 0 saturated heterocycles. The molecule has 12 rings (SSSR count). The molecule has 242 valence electrons. The van der Waals surface area contributed by atoms with Crippen LogP contribution >= 0.6 is 11.3 Å². The van der Waals surface area contributed by atoms with Gasteiger partial charge in [-0.05, 0) is 30.3 Å². The summed E-state index contributed by atoms with van der Waals surface area (Å²) in [6, 6.07) is 55.7. The molecule has 0 radical (unpaired) electrons. The summed E-state index contributed by atoms with van der Waals surface area (Å²) < 4.78 is 12.7. The molecule has 12 aromatic rings. The molecule has 52 heavy (non-hydrogen) atoms. The van der Waals surface area contributed by atoms with Gasteiger partial charge in [0.25, 0.3) is 0 Å². The zero-order valence-electron chi connectivity index (χ0n) is 27.6. The van der Waals surface area contributed by atoms with Crippen LogP contribution < -0.4 is 0 Å². The van der Waals surface area contributed by atoms with Gasteiger partial charge in [-0.15, -0.1) is 11.3 Å². The minimum atomic E-state index is 0.789. The lowest BCUT2D eigenvalue weighted by Crippen LogP contribution is -2.03. The van der Waals surface area contributed by atoms with E-state index in [2.05, 4.69) is 155 Å². The van der Waals surface area contributed by atoms with Crippen LogP contribution in [-0.2, 0) is 0 Å². The van der Waals surface area contributed by atoms with E-state index in [1.165, 1.54) is 15.5 Å². The molecule has 0 aliphatic rings. The van der Waals surface area contributed by atoms with Gasteiger partial charge in [0, 0.05) is 48.6 Å². The van der Waals surface area contributed by atoms with Crippen molar-refractivity contribution in [1.82, 2.24) is 19.1 Å². The molecule has 0 atom stereocenters. The molecule has 0 amide bonds. The Kier molecular flexibility index (Phi) is 5.59. The van der Waals surface area contributed by atoms with Gasteiger partial charge in [-0.1, -0.05) is 121 Å². The highest BCUT2D eigenvalue weighted by molar-refractivity contribution is 7.25. The first kappa shape index (κ1) is 28.0. The predicted molar refractivity (Wildman–Crippen MR) is 216 cm³/mol. The second-order valence-corrected chi connectivity index (χ2v) is 14.4. The van der Waals surface area contributed by atoms with Crippen molar-refractivity contribution >= 4 is 97.3 Å². The number of para-hydroxylation sites is 4. The highest BCUT2D eigenvalue weighted by Gasteiger charge is 2.27. The molecule has 0 unspecified atom stereocenters. The highest BCUT2D eigenvalue weighted by atomic mass is 32.1. The maximum Gasteiger partial charge on any atom is 0.165 e. The van der Waals surface area contributed by atoms with Gasteiger partial charge in [0.1, 0.15) is 27.2 Å². The Balaban J connectivity index is 1.33. The van der Waals surface area contributed by atoms with E-state index in [4.69, 9.17) is 14.4 Å². The quantitative estimate of drug-likeness (QED) is 0.186. The number of nitrogens with zero attached hydrogens (tertiary/aromatic N) is 4. The number of hydrogen-bond acceptors (Lipinski definition) is 4. The first-order valence-electron chi connectivity index (χ1n) is 17.4. The molecule has 0 saturated carbocycles. The second kappa shape index (κ2) is 10.4. The van der Waals surface area contributed by atoms with Crippen LogP contribution in [0.4, 0.5) is 0 Å². The van der Waals surface area contributed by atoms with Gasteiger partial charge in [-0.2, -0.15) is 0 Å². The van der Waals surface area contributed by atoms with Crippen LogP contribution in [0.1, 0.15) is 0 Å². The van der Waals surface area contributed by atoms with Gasteiger partial charge >= 0.3 is 0 Å². The number of thiophene rings is 1. The third-order valence-electron chi connectivity index (χ3n) is 10.5. The van der Waals surface area contributed by atoms with Crippen molar-refractivity contribution in [1.29, 1.82) is 0 Å². The third kappa shape index (κ3) is 3.71. The Morgan fingerprint density at radius 3 is 1.81 bits per heavy atom. The summed E-state index contributed by atoms with van der Waals surface area (Å²) in [4.78, 5) is 11.9. The molecule has 0 N–H and O–H groups in total. The predicted octanol–water partition coefficient (Wildman–Crippen LogP) is 12.6. The first-order chi connectivity index (χ1) is 25.8. The van der Waals surface area contributed by atoms with Crippen molar-refractivity contribution in [2.45, 2.75) is 0 Å². The molecule has 0 bridgehead atoms. The van der Waals surface area contributed by atoms with Crippen LogP contribution in [0.2, 0.25) is 0 Å². The van der Waals surface area contributed by atoms with Crippen LogP contribution in [0.3, 0.4) is 0 Å². The average molecular weight is 683 g/mol. The van der Waals surface area contributed by atoms with Crippen molar-refractivity contribution in [2.75, 3.05) is 0 Å². The van der Waals surface area contributed by atoms with Gasteiger partial charge in [-0.3, -0.25) is 4.57 Å². The molecule has 5 heterocycles. The Morgan fingerprint density at radius 1 is 0.462 bits per heavy atom. The smallest absolute Gasteiger partial charge is 0.165 e. The number of rotatable bonds is 3. The number of hydrogen-bond donors (Lipinski definition) is 0. The standard InChI is InChI=1S/C46H26N4OS/c1-2-14-27(15-3-1)42-45(47-43-32-20-8-13-25-39(32)52-46(43)48-42)50-35-23-11-6-18-30(35)40-36(50)26-38-41(31-19-7-12-24-37(31)51-38)44(40)49-33-21-9-4-16-28(33)29-17-5-10-22-34(29)49/h1-26H. The van der Waals surface area contributed by atoms with Crippen molar-refractivity contribution in [2.24, 2.45) is 0 Å². The zero-order chi connectivity index (χ0) is 33.9. The van der Waals surface area contributed by atoms with Crippen LogP contribution in [0.15, 0.2) is 162 Å². The molecule has 5 nitrogen and oxygen atoms in total. The topological polar surface area (TPSA) is 48.8 Å². The summed E-state index contributed by atoms with van der Waals surface area (Å²) in [7, 11) is 0. The lowest BCUT2D eigenvalue weighted by atomic mass is 10.0. The maximum atomic E-state index is 6.78. The van der Waals surface area contributed by atoms with Crippen LogP contribution in [0.25, 0.3) is 109 Å². The fourth-order valence-electron chi connectivity index (χ4n) is 8.38. The lowest BCUT2D eigenvalue weighted by Gasteiger charge is -2.14. The monoisotopic (exact) mass is 682 g/mol. The largest absolute Gasteiger partial charge is 0.456 e. The lowest BCUT2D eigenvalue weighted by molar-refractivity contribution is 0.669. The van der Waals surface area contributed by atoms with E-state index in [9.17, 15) is 0 Å². The summed E-state index contributed by atoms with van der Waals surface area (Å²) >= 11 is 1.69. The average Bonchev–Trinajstić information content (AvgIpc) is 3.94. The van der Waals surface area contributed by atoms with Gasteiger partial charge in [-0.25, -0.2) is 9.97 Å². The summed E-state index contributed by atoms with van der Waals surface area (Å²) in [5.41, 5.74) is 9.91. The van der Waals surface area contributed by atoms with Gasteiger partial charge in [0.05, 0.1) is 33.1 Å². The number of benzene rings is 7. The molecular weight excluding hydrogens is 657 g/mol. The molecular formula is C46H26N4OS. The third-order valence-corrected chi connectivity index (χ3v) is 11.6. The SMILES string of the molecule is c1ccc(-c2nc3sc4ccccc4c3nc2-n2c3ccccc3c3c(-n4c5ccccc5c5ccccc54)c4c(cc32)oc2ccccc24)cc1. The zero-order valence-corrected chi connectivity index (χ0v) is 28.4. The second-order valence-electron chi connectivity index (χ2n) is 13.3. The summed E-state index contributed by atoms with van der Waals surface area (Å²) in [5, 5.41) is 7.99. The van der Waals surface area contributed by atoms with E-state index in [0.29, 0.717) is 0 Å². The fraction of sp³-hybridized carbons (Fsp3) is 0. The summed E-state index contributed by atoms with van der Waals surface area (Å²) in [5.74, 6) is 0.789. The fourth-order valence-corrected chi connectivity index (χ4v) is 9.40. The number of furan rings is 1. The number of fused-ring (bicyclic) bond motifs is 12. The van der Waals surface area contributed by atoms with Crippen molar-refractivity contribution in [3.8, 4) is 22.8 Å². The van der Waals surface area contributed by atoms with Crippen molar-refractivity contribution in [3.63, 3.8) is 0 Å². The molecule has 0 aliphatic heterocycles. The van der Waals surface area contributed by atoms with E-state index >= 15 is 0 Å². The molecule has 0 spiro atoms. The Morgan fingerprint density at radius 2 is 1.06 bits per heavy atom. The normalized spacial score (nSPS) is 12.2. The summed E-state index contributed by atoms with van der Waals surface area (Å²) in [6.07, 6.45) is 0. The van der Waals surface area contributed by atoms with E-state index in [1.807, 2.05) is 12.1 Å². The highest BCUT2D eigenvalue weighted by Crippen LogP contribution is 2.47. The van der Waals surface area contributed by atoms with Crippen LogP contribution in [0, 0.1) is 0 Å². The Bertz CT molecular complexity index is 3370. The molecule has 5 aromatic heterocycles. The van der Waals surface area contributed by atoms with Gasteiger partial charge in [0.2, 0.25) is 0 Å². The van der Waals surface area contributed by atoms with Gasteiger partial charge < -0.3 is 8.98 Å². The van der Waals surface area contributed by atoms with E-state index in [0.717, 1.165) is 93.3 Å². The first-order valence-corrected chi connectivity index (χ1v) is 18.2. The maximum absolute atomic E-state index is 6.78. The molecule has 7 aromatic carbocycles. The van der Waals surface area contributed by atoms with E-state index in [1.54, 1.807) is 11.3 Å².